The molecule has 1 aromatic rings. The van der Waals surface area contributed by atoms with Gasteiger partial charge in [-0.3, -0.25) is 4.79 Å². The molecule has 1 aromatic heterocycles. The molecule has 3 rings (SSSR count). The van der Waals surface area contributed by atoms with Crippen LogP contribution in [-0.2, 0) is 0 Å². The monoisotopic (exact) mass is 303 g/mol. The number of thiophene rings is 1. The number of Topliss-reactive ketones (excluding diaryl/α,β-unsaturated/α-hetero) is 1. The largest absolute Gasteiger partial charge is 0.396 e. The number of nitrogen functional groups attached to an aromatic ring is 1. The average molecular weight is 303 g/mol. The van der Waals surface area contributed by atoms with E-state index in [2.05, 4.69) is 24.8 Å². The van der Waals surface area contributed by atoms with E-state index in [1.165, 1.54) is 11.3 Å². The van der Waals surface area contributed by atoms with Crippen LogP contribution in [-0.4, -0.2) is 18.9 Å². The summed E-state index contributed by atoms with van der Waals surface area (Å²) in [5.41, 5.74) is 7.35. The van der Waals surface area contributed by atoms with Crippen LogP contribution in [0.2, 0.25) is 0 Å². The Balaban J connectivity index is 1.90. The number of piperidine rings is 1. The van der Waals surface area contributed by atoms with Crippen molar-refractivity contribution in [3.8, 4) is 6.07 Å². The highest BCUT2D eigenvalue weighted by molar-refractivity contribution is 7.19. The summed E-state index contributed by atoms with van der Waals surface area (Å²) in [6, 6.07) is 2.21. The quantitative estimate of drug-likeness (QED) is 0.869. The summed E-state index contributed by atoms with van der Waals surface area (Å²) in [6.07, 6.45) is 4.12. The Morgan fingerprint density at radius 1 is 1.38 bits per heavy atom. The molecule has 0 radical (unpaired) electrons. The van der Waals surface area contributed by atoms with Gasteiger partial charge in [-0.05, 0) is 31.1 Å². The van der Waals surface area contributed by atoms with Gasteiger partial charge in [-0.15, -0.1) is 11.3 Å². The second kappa shape index (κ2) is 5.03. The van der Waals surface area contributed by atoms with Crippen LogP contribution >= 0.6 is 11.3 Å². The minimum atomic E-state index is 0.137. The van der Waals surface area contributed by atoms with E-state index in [0.29, 0.717) is 21.5 Å². The number of anilines is 2. The van der Waals surface area contributed by atoms with Crippen LogP contribution in [0, 0.1) is 22.7 Å². The summed E-state index contributed by atoms with van der Waals surface area (Å²) in [5, 5.41) is 10.3. The second-order valence-electron chi connectivity index (χ2n) is 6.93. The van der Waals surface area contributed by atoms with E-state index in [0.717, 1.165) is 43.8 Å². The summed E-state index contributed by atoms with van der Waals surface area (Å²) in [4.78, 5) is 15.1. The minimum absolute atomic E-state index is 0.137. The molecule has 0 aromatic carbocycles. The van der Waals surface area contributed by atoms with Gasteiger partial charge in [-0.25, -0.2) is 0 Å². The first-order chi connectivity index (χ1) is 9.93. The van der Waals surface area contributed by atoms with Gasteiger partial charge in [0.1, 0.15) is 16.6 Å². The molecule has 2 fully saturated rings. The van der Waals surface area contributed by atoms with Gasteiger partial charge in [0.25, 0.3) is 0 Å². The topological polar surface area (TPSA) is 70.1 Å². The van der Waals surface area contributed by atoms with E-state index in [9.17, 15) is 10.1 Å². The lowest BCUT2D eigenvalue weighted by molar-refractivity contribution is 0.0972. The highest BCUT2D eigenvalue weighted by atomic mass is 32.1. The van der Waals surface area contributed by atoms with E-state index in [-0.39, 0.29) is 11.7 Å². The highest BCUT2D eigenvalue weighted by Crippen LogP contribution is 2.44. The van der Waals surface area contributed by atoms with Gasteiger partial charge in [-0.2, -0.15) is 5.26 Å². The smallest absolute Gasteiger partial charge is 0.178 e. The zero-order chi connectivity index (χ0) is 15.2. The maximum absolute atomic E-state index is 12.3. The van der Waals surface area contributed by atoms with Crippen molar-refractivity contribution in [2.75, 3.05) is 23.7 Å². The van der Waals surface area contributed by atoms with Crippen LogP contribution in [0.3, 0.4) is 0 Å². The Labute approximate surface area is 129 Å². The molecule has 0 bridgehead atoms. The molecule has 4 nitrogen and oxygen atoms in total. The van der Waals surface area contributed by atoms with Gasteiger partial charge in [0.05, 0.1) is 10.6 Å². The van der Waals surface area contributed by atoms with Crippen molar-refractivity contribution < 1.29 is 4.79 Å². The zero-order valence-electron chi connectivity index (χ0n) is 12.6. The van der Waals surface area contributed by atoms with Crippen LogP contribution in [0.1, 0.15) is 54.8 Å². The number of rotatable bonds is 3. The highest BCUT2D eigenvalue weighted by Gasteiger charge is 2.35. The summed E-state index contributed by atoms with van der Waals surface area (Å²) in [7, 11) is 0. The fourth-order valence-corrected chi connectivity index (χ4v) is 4.03. The number of hydrogen-bond acceptors (Lipinski definition) is 5. The Morgan fingerprint density at radius 2 is 2.00 bits per heavy atom. The number of nitrogens with zero attached hydrogens (tertiary/aromatic N) is 2. The van der Waals surface area contributed by atoms with Crippen LogP contribution in [0.15, 0.2) is 0 Å². The summed E-state index contributed by atoms with van der Waals surface area (Å²) in [5.74, 6) is 0.281. The molecule has 112 valence electrons. The molecule has 0 spiro atoms. The summed E-state index contributed by atoms with van der Waals surface area (Å²) >= 11 is 1.42. The lowest BCUT2D eigenvalue weighted by atomic mass is 9.83. The predicted molar refractivity (Wildman–Crippen MR) is 85.7 cm³/mol. The summed E-state index contributed by atoms with van der Waals surface area (Å²) in [6.45, 7) is 6.41. The molecular formula is C16H21N3OS. The van der Waals surface area contributed by atoms with E-state index < -0.39 is 0 Å². The molecule has 1 saturated carbocycles. The first-order valence-electron chi connectivity index (χ1n) is 7.54. The van der Waals surface area contributed by atoms with Crippen molar-refractivity contribution in [3.05, 3.63) is 10.4 Å². The lowest BCUT2D eigenvalue weighted by Gasteiger charge is -2.37. The molecular weight excluding hydrogens is 282 g/mol. The lowest BCUT2D eigenvalue weighted by Crippen LogP contribution is -2.37. The third kappa shape index (κ3) is 2.65. The maximum Gasteiger partial charge on any atom is 0.178 e. The Hall–Kier alpha value is -1.54. The second-order valence-corrected chi connectivity index (χ2v) is 7.93. The third-order valence-electron chi connectivity index (χ3n) is 4.61. The number of nitrogens with two attached hydrogens (primary N) is 1. The van der Waals surface area contributed by atoms with Crippen molar-refractivity contribution in [1.82, 2.24) is 0 Å². The normalized spacial score (nSPS) is 21.1. The molecule has 0 amide bonds. The van der Waals surface area contributed by atoms with E-state index in [4.69, 9.17) is 5.73 Å². The van der Waals surface area contributed by atoms with Crippen LogP contribution in [0.4, 0.5) is 10.7 Å². The number of carbonyl (C=O) groups excluding carboxylic acids is 1. The third-order valence-corrected chi connectivity index (χ3v) is 5.90. The summed E-state index contributed by atoms with van der Waals surface area (Å²) < 4.78 is 0. The molecule has 1 aliphatic carbocycles. The SMILES string of the molecule is CC1(C)CCN(c2sc(C(=O)C3CC3)c(N)c2C#N)CC1. The number of ketones is 1. The van der Waals surface area contributed by atoms with Crippen LogP contribution in [0.25, 0.3) is 0 Å². The Morgan fingerprint density at radius 3 is 2.52 bits per heavy atom. The molecule has 21 heavy (non-hydrogen) atoms. The Kier molecular flexibility index (Phi) is 3.45. The molecule has 0 atom stereocenters. The molecule has 0 unspecified atom stereocenters. The zero-order valence-corrected chi connectivity index (χ0v) is 13.4. The number of carbonyl (C=O) groups is 1. The van der Waals surface area contributed by atoms with Crippen molar-refractivity contribution in [1.29, 1.82) is 5.26 Å². The predicted octanol–water partition coefficient (Wildman–Crippen LogP) is 3.42. The minimum Gasteiger partial charge on any atom is -0.396 e. The standard InChI is InChI=1S/C16H21N3OS/c1-16(2)5-7-19(8-6-16)15-11(9-17)12(18)14(21-15)13(20)10-3-4-10/h10H,3-8,18H2,1-2H3. The molecule has 5 heteroatoms. The molecule has 2 aliphatic rings. The average Bonchev–Trinajstić information content (AvgIpc) is 3.23. The maximum atomic E-state index is 12.3. The van der Waals surface area contributed by atoms with Crippen molar-refractivity contribution in [2.24, 2.45) is 11.3 Å². The first kappa shape index (κ1) is 14.4. The molecule has 2 heterocycles. The van der Waals surface area contributed by atoms with Gasteiger partial charge in [-0.1, -0.05) is 13.8 Å². The van der Waals surface area contributed by atoms with Gasteiger partial charge in [0, 0.05) is 19.0 Å². The van der Waals surface area contributed by atoms with Gasteiger partial charge in [0.15, 0.2) is 5.78 Å². The van der Waals surface area contributed by atoms with E-state index >= 15 is 0 Å². The van der Waals surface area contributed by atoms with E-state index in [1.54, 1.807) is 0 Å². The fourth-order valence-electron chi connectivity index (χ4n) is 2.79. The van der Waals surface area contributed by atoms with E-state index in [1.807, 2.05) is 0 Å². The molecule has 1 aliphatic heterocycles. The molecule has 2 N–H and O–H groups in total. The number of hydrogen-bond donors (Lipinski definition) is 1. The van der Waals surface area contributed by atoms with Crippen molar-refractivity contribution in [3.63, 3.8) is 0 Å². The van der Waals surface area contributed by atoms with Crippen molar-refractivity contribution in [2.45, 2.75) is 39.5 Å². The van der Waals surface area contributed by atoms with Crippen LogP contribution in [0.5, 0.6) is 0 Å². The Bertz CT molecular complexity index is 612. The van der Waals surface area contributed by atoms with Gasteiger partial charge < -0.3 is 10.6 Å². The fraction of sp³-hybridized carbons (Fsp3) is 0.625. The van der Waals surface area contributed by atoms with Crippen LogP contribution < -0.4 is 10.6 Å². The van der Waals surface area contributed by atoms with Gasteiger partial charge >= 0.3 is 0 Å². The molecule has 1 saturated heterocycles. The first-order valence-corrected chi connectivity index (χ1v) is 8.36. The number of nitriles is 1. The van der Waals surface area contributed by atoms with Gasteiger partial charge in [0.2, 0.25) is 0 Å². The van der Waals surface area contributed by atoms with Crippen molar-refractivity contribution >= 4 is 27.8 Å².